The van der Waals surface area contributed by atoms with E-state index in [1.165, 1.54) is 30.4 Å². The summed E-state index contributed by atoms with van der Waals surface area (Å²) in [5, 5.41) is 0. The number of hydrogen-bond donors (Lipinski definition) is 1. The lowest BCUT2D eigenvalue weighted by atomic mass is 10.1. The molecule has 1 aliphatic rings. The Labute approximate surface area is 115 Å². The van der Waals surface area contributed by atoms with E-state index in [1.807, 2.05) is 6.07 Å². The molecule has 0 saturated carbocycles. The fraction of sp³-hybridized carbons (Fsp3) is 0.533. The summed E-state index contributed by atoms with van der Waals surface area (Å²) in [4.78, 5) is 6.68. The number of aliphatic imine (C=N–C) groups is 1. The fourth-order valence-electron chi connectivity index (χ4n) is 2.38. The molecule has 0 bridgehead atoms. The van der Waals surface area contributed by atoms with Crippen LogP contribution in [0.5, 0.6) is 0 Å². The van der Waals surface area contributed by atoms with Gasteiger partial charge in [0.25, 0.3) is 0 Å². The monoisotopic (exact) mass is 261 g/mol. The molecule has 0 spiro atoms. The molecular weight excluding hydrogens is 238 g/mol. The minimum atomic E-state index is 0.638. The average Bonchev–Trinajstić information content (AvgIpc) is 2.46. The van der Waals surface area contributed by atoms with Gasteiger partial charge in [0.2, 0.25) is 0 Å². The maximum atomic E-state index is 6.04. The molecule has 4 nitrogen and oxygen atoms in total. The number of guanidine groups is 1. The molecule has 0 radical (unpaired) electrons. The van der Waals surface area contributed by atoms with Gasteiger partial charge < -0.3 is 15.4 Å². The number of rotatable bonds is 4. The number of methoxy groups -OCH3 is 1. The van der Waals surface area contributed by atoms with Gasteiger partial charge in [-0.15, -0.1) is 0 Å². The Balaban J connectivity index is 1.94. The van der Waals surface area contributed by atoms with E-state index in [9.17, 15) is 0 Å². The predicted octanol–water partition coefficient (Wildman–Crippen LogP) is 2.13. The second-order valence-electron chi connectivity index (χ2n) is 4.98. The van der Waals surface area contributed by atoms with Gasteiger partial charge in [0.05, 0.1) is 13.2 Å². The average molecular weight is 261 g/mol. The molecule has 2 N–H and O–H groups in total. The minimum absolute atomic E-state index is 0.638. The predicted molar refractivity (Wildman–Crippen MR) is 77.9 cm³/mol. The van der Waals surface area contributed by atoms with Crippen molar-refractivity contribution in [1.29, 1.82) is 0 Å². The van der Waals surface area contributed by atoms with E-state index in [4.69, 9.17) is 10.5 Å². The Hall–Kier alpha value is -1.55. The summed E-state index contributed by atoms with van der Waals surface area (Å²) in [7, 11) is 1.71. The van der Waals surface area contributed by atoms with Crippen molar-refractivity contribution in [2.45, 2.75) is 32.4 Å². The van der Waals surface area contributed by atoms with E-state index in [2.05, 4.69) is 28.1 Å². The van der Waals surface area contributed by atoms with Crippen molar-refractivity contribution in [2.75, 3.05) is 20.2 Å². The molecule has 104 valence electrons. The van der Waals surface area contributed by atoms with E-state index in [1.54, 1.807) is 7.11 Å². The molecule has 1 aliphatic heterocycles. The summed E-state index contributed by atoms with van der Waals surface area (Å²) in [5.74, 6) is 0.678. The SMILES string of the molecule is COCc1cccc(CN=C(N)N2CCCCC2)c1. The maximum Gasteiger partial charge on any atom is 0.191 e. The quantitative estimate of drug-likeness (QED) is 0.667. The first-order valence-corrected chi connectivity index (χ1v) is 6.91. The third kappa shape index (κ3) is 4.24. The Morgan fingerprint density at radius 2 is 2.00 bits per heavy atom. The summed E-state index contributed by atoms with van der Waals surface area (Å²) < 4.78 is 5.13. The van der Waals surface area contributed by atoms with Gasteiger partial charge in [-0.05, 0) is 30.4 Å². The van der Waals surface area contributed by atoms with Crippen LogP contribution in [0, 0.1) is 0 Å². The molecule has 1 aromatic carbocycles. The zero-order valence-electron chi connectivity index (χ0n) is 11.6. The van der Waals surface area contributed by atoms with Crippen molar-refractivity contribution in [3.8, 4) is 0 Å². The van der Waals surface area contributed by atoms with Gasteiger partial charge in [-0.1, -0.05) is 24.3 Å². The highest BCUT2D eigenvalue weighted by Crippen LogP contribution is 2.10. The van der Waals surface area contributed by atoms with E-state index in [0.717, 1.165) is 13.1 Å². The lowest BCUT2D eigenvalue weighted by molar-refractivity contribution is 0.185. The Morgan fingerprint density at radius 3 is 2.74 bits per heavy atom. The molecule has 0 unspecified atom stereocenters. The van der Waals surface area contributed by atoms with E-state index < -0.39 is 0 Å². The van der Waals surface area contributed by atoms with Gasteiger partial charge in [0, 0.05) is 20.2 Å². The third-order valence-corrected chi connectivity index (χ3v) is 3.41. The van der Waals surface area contributed by atoms with Crippen LogP contribution in [0.4, 0.5) is 0 Å². The Bertz CT molecular complexity index is 425. The van der Waals surface area contributed by atoms with Crippen LogP contribution >= 0.6 is 0 Å². The Morgan fingerprint density at radius 1 is 1.26 bits per heavy atom. The number of ether oxygens (including phenoxy) is 1. The molecule has 0 aliphatic carbocycles. The smallest absolute Gasteiger partial charge is 0.191 e. The highest BCUT2D eigenvalue weighted by atomic mass is 16.5. The first-order chi connectivity index (χ1) is 9.29. The second-order valence-corrected chi connectivity index (χ2v) is 4.98. The summed E-state index contributed by atoms with van der Waals surface area (Å²) in [6, 6.07) is 8.30. The molecule has 0 atom stereocenters. The van der Waals surface area contributed by atoms with Crippen LogP contribution in [-0.4, -0.2) is 31.1 Å². The molecule has 4 heteroatoms. The lowest BCUT2D eigenvalue weighted by Gasteiger charge is -2.27. The molecule has 0 aromatic heterocycles. The van der Waals surface area contributed by atoms with Gasteiger partial charge >= 0.3 is 0 Å². The molecule has 1 fully saturated rings. The first kappa shape index (κ1) is 13.9. The van der Waals surface area contributed by atoms with Gasteiger partial charge in [-0.25, -0.2) is 4.99 Å². The van der Waals surface area contributed by atoms with Crippen LogP contribution < -0.4 is 5.73 Å². The first-order valence-electron chi connectivity index (χ1n) is 6.91. The number of nitrogens with two attached hydrogens (primary N) is 1. The normalized spacial score (nSPS) is 16.7. The summed E-state index contributed by atoms with van der Waals surface area (Å²) in [5.41, 5.74) is 8.39. The van der Waals surface area contributed by atoms with E-state index in [0.29, 0.717) is 19.1 Å². The molecular formula is C15H23N3O. The topological polar surface area (TPSA) is 50.9 Å². The number of likely N-dealkylation sites (tertiary alicyclic amines) is 1. The number of benzene rings is 1. The number of hydrogen-bond acceptors (Lipinski definition) is 2. The van der Waals surface area contributed by atoms with Gasteiger partial charge in [0.15, 0.2) is 5.96 Å². The largest absolute Gasteiger partial charge is 0.380 e. The van der Waals surface area contributed by atoms with Gasteiger partial charge in [-0.3, -0.25) is 0 Å². The maximum absolute atomic E-state index is 6.04. The van der Waals surface area contributed by atoms with Crippen molar-refractivity contribution in [3.63, 3.8) is 0 Å². The zero-order valence-corrected chi connectivity index (χ0v) is 11.6. The number of nitrogens with zero attached hydrogens (tertiary/aromatic N) is 2. The van der Waals surface area contributed by atoms with Crippen molar-refractivity contribution in [2.24, 2.45) is 10.7 Å². The standard InChI is InChI=1S/C15H23N3O/c1-19-12-14-7-5-6-13(10-14)11-17-15(16)18-8-3-2-4-9-18/h5-7,10H,2-4,8-9,11-12H2,1H3,(H2,16,17). The molecule has 1 aromatic rings. The summed E-state index contributed by atoms with van der Waals surface area (Å²) in [6.07, 6.45) is 3.75. The van der Waals surface area contributed by atoms with Gasteiger partial charge in [-0.2, -0.15) is 0 Å². The highest BCUT2D eigenvalue weighted by molar-refractivity contribution is 5.78. The lowest BCUT2D eigenvalue weighted by Crippen LogP contribution is -2.40. The van der Waals surface area contributed by atoms with Crippen LogP contribution in [0.15, 0.2) is 29.3 Å². The van der Waals surface area contributed by atoms with Gasteiger partial charge in [0.1, 0.15) is 0 Å². The van der Waals surface area contributed by atoms with Crippen molar-refractivity contribution in [1.82, 2.24) is 4.90 Å². The molecule has 1 saturated heterocycles. The summed E-state index contributed by atoms with van der Waals surface area (Å²) in [6.45, 7) is 3.36. The molecule has 19 heavy (non-hydrogen) atoms. The second kappa shape index (κ2) is 7.14. The van der Waals surface area contributed by atoms with Crippen LogP contribution in [0.2, 0.25) is 0 Å². The van der Waals surface area contributed by atoms with Crippen molar-refractivity contribution < 1.29 is 4.74 Å². The van der Waals surface area contributed by atoms with Crippen LogP contribution in [0.3, 0.4) is 0 Å². The molecule has 2 rings (SSSR count). The molecule has 0 amide bonds. The summed E-state index contributed by atoms with van der Waals surface area (Å²) >= 11 is 0. The zero-order chi connectivity index (χ0) is 13.5. The highest BCUT2D eigenvalue weighted by Gasteiger charge is 2.11. The van der Waals surface area contributed by atoms with Crippen molar-refractivity contribution in [3.05, 3.63) is 35.4 Å². The van der Waals surface area contributed by atoms with Crippen LogP contribution in [0.1, 0.15) is 30.4 Å². The van der Waals surface area contributed by atoms with Crippen LogP contribution in [-0.2, 0) is 17.9 Å². The van der Waals surface area contributed by atoms with E-state index >= 15 is 0 Å². The van der Waals surface area contributed by atoms with E-state index in [-0.39, 0.29) is 0 Å². The molecule has 1 heterocycles. The van der Waals surface area contributed by atoms with Crippen LogP contribution in [0.25, 0.3) is 0 Å². The Kier molecular flexibility index (Phi) is 5.21. The number of piperidine rings is 1. The van der Waals surface area contributed by atoms with Crippen molar-refractivity contribution >= 4 is 5.96 Å². The fourth-order valence-corrected chi connectivity index (χ4v) is 2.38. The third-order valence-electron chi connectivity index (χ3n) is 3.41. The minimum Gasteiger partial charge on any atom is -0.380 e.